The summed E-state index contributed by atoms with van der Waals surface area (Å²) in [6, 6.07) is 0. The lowest BCUT2D eigenvalue weighted by Crippen LogP contribution is -2.01. The Kier molecular flexibility index (Phi) is 26.5. The largest absolute Gasteiger partial charge is 0.481 e. The third kappa shape index (κ3) is 27.5. The molecule has 0 rings (SSSR count). The molecule has 0 aliphatic carbocycles. The van der Waals surface area contributed by atoms with Crippen LogP contribution in [0.4, 0.5) is 0 Å². The lowest BCUT2D eigenvalue weighted by molar-refractivity contribution is -0.137. The van der Waals surface area contributed by atoms with Crippen molar-refractivity contribution in [2.24, 2.45) is 5.92 Å². The van der Waals surface area contributed by atoms with E-state index < -0.39 is 5.97 Å². The van der Waals surface area contributed by atoms with Gasteiger partial charge in [-0.15, -0.1) is 0 Å². The molecule has 0 aliphatic rings. The van der Waals surface area contributed by atoms with Gasteiger partial charge in [-0.25, -0.2) is 0 Å². The van der Waals surface area contributed by atoms with E-state index in [0.717, 1.165) is 25.7 Å². The van der Waals surface area contributed by atoms with Gasteiger partial charge < -0.3 is 10.2 Å². The summed E-state index contributed by atoms with van der Waals surface area (Å²) in [5.41, 5.74) is 0. The van der Waals surface area contributed by atoms with Gasteiger partial charge in [-0.05, 0) is 38.0 Å². The standard InChI is InChI=1S/C18H34O2.C6H14O/c1-2-3-4-5-6-7-8-9-10-11-12-13-14-15-16-17-18(19)20;1-3-6(4-2)5-7/h9-10H,2-8,11-17H2,1H3,(H,19,20);6-7H,3-5H2,1-2H3/b10-9-;. The zero-order valence-electron chi connectivity index (χ0n) is 18.6. The van der Waals surface area contributed by atoms with E-state index in [0.29, 0.717) is 18.9 Å². The van der Waals surface area contributed by atoms with Crippen LogP contribution in [0.3, 0.4) is 0 Å². The third-order valence-corrected chi connectivity index (χ3v) is 5.07. The second-order valence-corrected chi connectivity index (χ2v) is 7.59. The Hall–Kier alpha value is -0.830. The molecule has 3 nitrogen and oxygen atoms in total. The fraction of sp³-hybridized carbons (Fsp3) is 0.875. The zero-order chi connectivity index (χ0) is 20.6. The van der Waals surface area contributed by atoms with Crippen LogP contribution in [-0.2, 0) is 4.79 Å². The van der Waals surface area contributed by atoms with Crippen molar-refractivity contribution in [1.82, 2.24) is 0 Å². The van der Waals surface area contributed by atoms with Gasteiger partial charge in [0.15, 0.2) is 0 Å². The number of rotatable bonds is 18. The second kappa shape index (κ2) is 25.2. The molecule has 162 valence electrons. The van der Waals surface area contributed by atoms with Crippen molar-refractivity contribution < 1.29 is 15.0 Å². The molecule has 0 amide bonds. The zero-order valence-corrected chi connectivity index (χ0v) is 18.6. The van der Waals surface area contributed by atoms with Crippen LogP contribution < -0.4 is 0 Å². The number of carbonyl (C=O) groups is 1. The molecule has 0 aromatic rings. The van der Waals surface area contributed by atoms with E-state index >= 15 is 0 Å². The lowest BCUT2D eigenvalue weighted by atomic mass is 10.1. The van der Waals surface area contributed by atoms with E-state index in [2.05, 4.69) is 32.9 Å². The maximum absolute atomic E-state index is 10.3. The van der Waals surface area contributed by atoms with Gasteiger partial charge in [0.1, 0.15) is 0 Å². The van der Waals surface area contributed by atoms with Crippen molar-refractivity contribution >= 4 is 5.97 Å². The van der Waals surface area contributed by atoms with Crippen LogP contribution in [0, 0.1) is 5.92 Å². The second-order valence-electron chi connectivity index (χ2n) is 7.59. The molecule has 0 heterocycles. The number of carboxylic acid groups (broad SMARTS) is 1. The molecule has 0 saturated carbocycles. The lowest BCUT2D eigenvalue weighted by Gasteiger charge is -2.04. The number of unbranched alkanes of at least 4 members (excludes halogenated alkanes) is 11. The van der Waals surface area contributed by atoms with Crippen molar-refractivity contribution in [3.8, 4) is 0 Å². The molecule has 0 aliphatic heterocycles. The first-order chi connectivity index (χ1) is 13.1. The highest BCUT2D eigenvalue weighted by Gasteiger charge is 1.97. The highest BCUT2D eigenvalue weighted by molar-refractivity contribution is 5.66. The summed E-state index contributed by atoms with van der Waals surface area (Å²) >= 11 is 0. The Bertz CT molecular complexity index is 303. The van der Waals surface area contributed by atoms with Gasteiger partial charge in [-0.3, -0.25) is 4.79 Å². The molecule has 0 aromatic carbocycles. The smallest absolute Gasteiger partial charge is 0.303 e. The van der Waals surface area contributed by atoms with Gasteiger partial charge in [0.25, 0.3) is 0 Å². The average Bonchev–Trinajstić information content (AvgIpc) is 2.66. The molecule has 0 spiro atoms. The molecular weight excluding hydrogens is 336 g/mol. The van der Waals surface area contributed by atoms with Gasteiger partial charge in [0.2, 0.25) is 0 Å². The molecule has 3 heteroatoms. The minimum Gasteiger partial charge on any atom is -0.481 e. The summed E-state index contributed by atoms with van der Waals surface area (Å²) in [7, 11) is 0. The number of aliphatic hydroxyl groups is 1. The van der Waals surface area contributed by atoms with E-state index in [-0.39, 0.29) is 0 Å². The van der Waals surface area contributed by atoms with Gasteiger partial charge in [0.05, 0.1) is 0 Å². The molecule has 0 fully saturated rings. The van der Waals surface area contributed by atoms with Gasteiger partial charge in [-0.2, -0.15) is 0 Å². The van der Waals surface area contributed by atoms with Crippen LogP contribution in [0.1, 0.15) is 124 Å². The molecule has 0 bridgehead atoms. The molecule has 2 N–H and O–H groups in total. The third-order valence-electron chi connectivity index (χ3n) is 5.07. The maximum Gasteiger partial charge on any atom is 0.303 e. The normalized spacial score (nSPS) is 11.0. The van der Waals surface area contributed by atoms with Gasteiger partial charge >= 0.3 is 5.97 Å². The number of aliphatic carboxylic acids is 1. The van der Waals surface area contributed by atoms with Gasteiger partial charge in [0, 0.05) is 13.0 Å². The average molecular weight is 385 g/mol. The Labute approximate surface area is 169 Å². The maximum atomic E-state index is 10.3. The summed E-state index contributed by atoms with van der Waals surface area (Å²) in [5.74, 6) is -0.123. The highest BCUT2D eigenvalue weighted by atomic mass is 16.4. The van der Waals surface area contributed by atoms with Crippen LogP contribution >= 0.6 is 0 Å². The van der Waals surface area contributed by atoms with Crippen LogP contribution in [0.25, 0.3) is 0 Å². The van der Waals surface area contributed by atoms with E-state index in [1.54, 1.807) is 0 Å². The van der Waals surface area contributed by atoms with Crippen molar-refractivity contribution in [3.63, 3.8) is 0 Å². The van der Waals surface area contributed by atoms with Crippen LogP contribution in [0.5, 0.6) is 0 Å². The predicted molar refractivity (Wildman–Crippen MR) is 118 cm³/mol. The van der Waals surface area contributed by atoms with Crippen LogP contribution in [0.2, 0.25) is 0 Å². The van der Waals surface area contributed by atoms with Crippen LogP contribution in [0.15, 0.2) is 12.2 Å². The SMILES string of the molecule is CCC(CC)CO.CCCCCCCC/C=C\CCCCCCCC(=O)O. The molecule has 0 radical (unpaired) electrons. The van der Waals surface area contributed by atoms with Crippen molar-refractivity contribution in [2.45, 2.75) is 124 Å². The summed E-state index contributed by atoms with van der Waals surface area (Å²) in [4.78, 5) is 10.3. The number of hydrogen-bond donors (Lipinski definition) is 2. The monoisotopic (exact) mass is 384 g/mol. The first-order valence-electron chi connectivity index (χ1n) is 11.6. The summed E-state index contributed by atoms with van der Waals surface area (Å²) in [6.07, 6.45) is 23.4. The fourth-order valence-electron chi connectivity index (χ4n) is 2.89. The Morgan fingerprint density at radius 2 is 1.19 bits per heavy atom. The minimum atomic E-state index is -0.664. The molecule has 0 unspecified atom stereocenters. The van der Waals surface area contributed by atoms with Crippen LogP contribution in [-0.4, -0.2) is 22.8 Å². The Morgan fingerprint density at radius 3 is 1.56 bits per heavy atom. The quantitative estimate of drug-likeness (QED) is 0.190. The topological polar surface area (TPSA) is 57.5 Å². The number of hydrogen-bond acceptors (Lipinski definition) is 2. The molecule has 0 atom stereocenters. The number of allylic oxidation sites excluding steroid dienone is 2. The number of aliphatic hydroxyl groups excluding tert-OH is 1. The minimum absolute atomic E-state index is 0.332. The Morgan fingerprint density at radius 1 is 0.741 bits per heavy atom. The molecule has 27 heavy (non-hydrogen) atoms. The van der Waals surface area contributed by atoms with Crippen molar-refractivity contribution in [2.75, 3.05) is 6.61 Å². The summed E-state index contributed by atoms with van der Waals surface area (Å²) in [6.45, 7) is 6.82. The van der Waals surface area contributed by atoms with Crippen molar-refractivity contribution in [3.05, 3.63) is 12.2 Å². The summed E-state index contributed by atoms with van der Waals surface area (Å²) in [5, 5.41) is 17.0. The van der Waals surface area contributed by atoms with Gasteiger partial charge in [-0.1, -0.05) is 97.1 Å². The first kappa shape index (κ1) is 28.4. The first-order valence-corrected chi connectivity index (χ1v) is 11.6. The van der Waals surface area contributed by atoms with E-state index in [1.807, 2.05) is 0 Å². The molecule has 0 aromatic heterocycles. The fourth-order valence-corrected chi connectivity index (χ4v) is 2.89. The Balaban J connectivity index is 0. The summed E-state index contributed by atoms with van der Waals surface area (Å²) < 4.78 is 0. The van der Waals surface area contributed by atoms with E-state index in [1.165, 1.54) is 70.6 Å². The van der Waals surface area contributed by atoms with E-state index in [9.17, 15) is 4.79 Å². The predicted octanol–water partition coefficient (Wildman–Crippen LogP) is 7.52. The highest BCUT2D eigenvalue weighted by Crippen LogP contribution is 2.09. The van der Waals surface area contributed by atoms with E-state index in [4.69, 9.17) is 10.2 Å². The molecule has 0 saturated heterocycles. The molecular formula is C24H48O3. The number of carboxylic acids is 1. The van der Waals surface area contributed by atoms with Crippen molar-refractivity contribution in [1.29, 1.82) is 0 Å².